The monoisotopic (exact) mass is 369 g/mol. The SMILES string of the molecule is CN=C(NCCCC(=O)N1CCc2ccccc21)N(C)Cc1ncnn1C. The van der Waals surface area contributed by atoms with Gasteiger partial charge in [0, 0.05) is 46.3 Å². The topological polar surface area (TPSA) is 78.7 Å². The molecule has 27 heavy (non-hydrogen) atoms. The molecule has 0 aliphatic carbocycles. The van der Waals surface area contributed by atoms with Crippen molar-refractivity contribution in [2.45, 2.75) is 25.8 Å². The van der Waals surface area contributed by atoms with E-state index in [2.05, 4.69) is 26.5 Å². The van der Waals surface area contributed by atoms with Crippen LogP contribution in [-0.2, 0) is 24.8 Å². The molecule has 8 nitrogen and oxygen atoms in total. The lowest BCUT2D eigenvalue weighted by Gasteiger charge is -2.22. The van der Waals surface area contributed by atoms with Gasteiger partial charge < -0.3 is 15.1 Å². The number of hydrogen-bond acceptors (Lipinski definition) is 4. The van der Waals surface area contributed by atoms with Crippen LogP contribution in [0.5, 0.6) is 0 Å². The van der Waals surface area contributed by atoms with Gasteiger partial charge in [0.15, 0.2) is 5.96 Å². The minimum Gasteiger partial charge on any atom is -0.356 e. The molecule has 1 aliphatic heterocycles. The number of aliphatic imine (C=N–C) groups is 1. The Kier molecular flexibility index (Phi) is 6.05. The van der Waals surface area contributed by atoms with Crippen molar-refractivity contribution in [1.29, 1.82) is 0 Å². The number of fused-ring (bicyclic) bond motifs is 1. The quantitative estimate of drug-likeness (QED) is 0.470. The zero-order chi connectivity index (χ0) is 19.2. The number of anilines is 1. The number of guanidine groups is 1. The third-order valence-corrected chi connectivity index (χ3v) is 4.80. The molecule has 3 rings (SSSR count). The Morgan fingerprint density at radius 2 is 2.19 bits per heavy atom. The summed E-state index contributed by atoms with van der Waals surface area (Å²) in [5.41, 5.74) is 2.32. The molecule has 1 aromatic carbocycles. The summed E-state index contributed by atoms with van der Waals surface area (Å²) in [4.78, 5) is 25.0. The van der Waals surface area contributed by atoms with Crippen molar-refractivity contribution in [3.8, 4) is 0 Å². The molecule has 0 unspecified atom stereocenters. The van der Waals surface area contributed by atoms with Crippen LogP contribution in [0.4, 0.5) is 5.69 Å². The summed E-state index contributed by atoms with van der Waals surface area (Å²) in [6, 6.07) is 8.14. The highest BCUT2D eigenvalue weighted by molar-refractivity contribution is 5.95. The van der Waals surface area contributed by atoms with Crippen molar-refractivity contribution in [2.24, 2.45) is 12.0 Å². The molecule has 0 bridgehead atoms. The van der Waals surface area contributed by atoms with Gasteiger partial charge in [-0.15, -0.1) is 0 Å². The van der Waals surface area contributed by atoms with Crippen LogP contribution in [0.15, 0.2) is 35.6 Å². The molecule has 0 fully saturated rings. The zero-order valence-corrected chi connectivity index (χ0v) is 16.2. The van der Waals surface area contributed by atoms with Crippen LogP contribution in [-0.4, -0.2) is 58.7 Å². The molecule has 1 N–H and O–H groups in total. The van der Waals surface area contributed by atoms with Gasteiger partial charge in [0.25, 0.3) is 0 Å². The van der Waals surface area contributed by atoms with Crippen molar-refractivity contribution in [3.63, 3.8) is 0 Å². The summed E-state index contributed by atoms with van der Waals surface area (Å²) < 4.78 is 1.75. The maximum Gasteiger partial charge on any atom is 0.227 e. The summed E-state index contributed by atoms with van der Waals surface area (Å²) in [6.07, 6.45) is 3.76. The van der Waals surface area contributed by atoms with Gasteiger partial charge in [-0.05, 0) is 24.5 Å². The number of hydrogen-bond donors (Lipinski definition) is 1. The normalized spacial score (nSPS) is 13.6. The Labute approximate surface area is 159 Å². The average Bonchev–Trinajstić information content (AvgIpc) is 3.28. The van der Waals surface area contributed by atoms with Crippen LogP contribution in [0, 0.1) is 0 Å². The summed E-state index contributed by atoms with van der Waals surface area (Å²) in [6.45, 7) is 2.09. The Hall–Kier alpha value is -2.90. The van der Waals surface area contributed by atoms with Gasteiger partial charge in [-0.25, -0.2) is 4.98 Å². The first-order valence-corrected chi connectivity index (χ1v) is 9.23. The number of amides is 1. The molecule has 0 radical (unpaired) electrons. The van der Waals surface area contributed by atoms with E-state index in [0.29, 0.717) is 19.5 Å². The van der Waals surface area contributed by atoms with E-state index in [0.717, 1.165) is 36.9 Å². The second-order valence-corrected chi connectivity index (χ2v) is 6.66. The van der Waals surface area contributed by atoms with E-state index in [1.165, 1.54) is 5.56 Å². The Bertz CT molecular complexity index is 814. The number of aryl methyl sites for hydroxylation is 1. The number of nitrogens with zero attached hydrogens (tertiary/aromatic N) is 6. The van der Waals surface area contributed by atoms with Crippen molar-refractivity contribution >= 4 is 17.6 Å². The minimum absolute atomic E-state index is 0.184. The molecule has 2 aromatic rings. The van der Waals surface area contributed by atoms with Crippen molar-refractivity contribution in [3.05, 3.63) is 42.0 Å². The average molecular weight is 369 g/mol. The first kappa shape index (κ1) is 18.9. The van der Waals surface area contributed by atoms with Gasteiger partial charge in [0.1, 0.15) is 12.2 Å². The van der Waals surface area contributed by atoms with Crippen LogP contribution < -0.4 is 10.2 Å². The van der Waals surface area contributed by atoms with Crippen LogP contribution >= 0.6 is 0 Å². The van der Waals surface area contributed by atoms with E-state index in [1.54, 1.807) is 18.1 Å². The molecule has 8 heteroatoms. The molecule has 1 aromatic heterocycles. The zero-order valence-electron chi connectivity index (χ0n) is 16.2. The Morgan fingerprint density at radius 1 is 1.37 bits per heavy atom. The third kappa shape index (κ3) is 4.45. The fraction of sp³-hybridized carbons (Fsp3) is 0.474. The standard InChI is InChI=1S/C19H27N7O/c1-20-19(24(2)13-17-22-14-23-25(17)3)21-11-6-9-18(27)26-12-10-15-7-4-5-8-16(15)26/h4-5,7-8,14H,6,9-13H2,1-3H3,(H,20,21). The smallest absolute Gasteiger partial charge is 0.227 e. The molecule has 0 atom stereocenters. The van der Waals surface area contributed by atoms with Gasteiger partial charge in [-0.2, -0.15) is 5.10 Å². The fourth-order valence-electron chi connectivity index (χ4n) is 3.31. The number of aromatic nitrogens is 3. The summed E-state index contributed by atoms with van der Waals surface area (Å²) in [5.74, 6) is 1.82. The summed E-state index contributed by atoms with van der Waals surface area (Å²) >= 11 is 0. The first-order valence-electron chi connectivity index (χ1n) is 9.23. The maximum absolute atomic E-state index is 12.5. The summed E-state index contributed by atoms with van der Waals surface area (Å²) in [7, 11) is 5.58. The van der Waals surface area contributed by atoms with E-state index in [-0.39, 0.29) is 5.91 Å². The van der Waals surface area contributed by atoms with Crippen molar-refractivity contribution < 1.29 is 4.79 Å². The van der Waals surface area contributed by atoms with E-state index < -0.39 is 0 Å². The Morgan fingerprint density at radius 3 is 2.93 bits per heavy atom. The minimum atomic E-state index is 0.184. The molecular formula is C19H27N7O. The number of carbonyl (C=O) groups excluding carboxylic acids is 1. The first-order chi connectivity index (χ1) is 13.1. The van der Waals surface area contributed by atoms with Crippen LogP contribution in [0.1, 0.15) is 24.2 Å². The molecular weight excluding hydrogens is 342 g/mol. The lowest BCUT2D eigenvalue weighted by molar-refractivity contribution is -0.118. The molecule has 0 spiro atoms. The second-order valence-electron chi connectivity index (χ2n) is 6.66. The predicted octanol–water partition coefficient (Wildman–Crippen LogP) is 1.19. The molecule has 1 aliphatic rings. The molecule has 1 amide bonds. The maximum atomic E-state index is 12.5. The predicted molar refractivity (Wildman–Crippen MR) is 106 cm³/mol. The van der Waals surface area contributed by atoms with Gasteiger partial charge in [0.05, 0.1) is 6.54 Å². The van der Waals surface area contributed by atoms with E-state index in [4.69, 9.17) is 0 Å². The highest BCUT2D eigenvalue weighted by Crippen LogP contribution is 2.27. The second kappa shape index (κ2) is 8.66. The van der Waals surface area contributed by atoms with Gasteiger partial charge >= 0.3 is 0 Å². The molecule has 2 heterocycles. The lowest BCUT2D eigenvalue weighted by atomic mass is 10.2. The largest absolute Gasteiger partial charge is 0.356 e. The van der Waals surface area contributed by atoms with E-state index in [1.807, 2.05) is 42.1 Å². The molecule has 144 valence electrons. The van der Waals surface area contributed by atoms with Crippen molar-refractivity contribution in [2.75, 3.05) is 32.1 Å². The van der Waals surface area contributed by atoms with Gasteiger partial charge in [-0.3, -0.25) is 14.5 Å². The number of carbonyl (C=O) groups is 1. The highest BCUT2D eigenvalue weighted by atomic mass is 16.2. The van der Waals surface area contributed by atoms with Crippen molar-refractivity contribution in [1.82, 2.24) is 25.0 Å². The van der Waals surface area contributed by atoms with E-state index in [9.17, 15) is 4.79 Å². The van der Waals surface area contributed by atoms with Crippen LogP contribution in [0.3, 0.4) is 0 Å². The molecule has 0 saturated carbocycles. The van der Waals surface area contributed by atoms with Crippen LogP contribution in [0.25, 0.3) is 0 Å². The van der Waals surface area contributed by atoms with Crippen LogP contribution in [0.2, 0.25) is 0 Å². The number of nitrogens with one attached hydrogen (secondary N) is 1. The fourth-order valence-corrected chi connectivity index (χ4v) is 3.31. The van der Waals surface area contributed by atoms with Gasteiger partial charge in [-0.1, -0.05) is 18.2 Å². The number of rotatable bonds is 6. The summed E-state index contributed by atoms with van der Waals surface area (Å²) in [5, 5.41) is 7.39. The highest BCUT2D eigenvalue weighted by Gasteiger charge is 2.23. The Balaban J connectivity index is 1.44. The van der Waals surface area contributed by atoms with E-state index >= 15 is 0 Å². The number of para-hydroxylation sites is 1. The third-order valence-electron chi connectivity index (χ3n) is 4.80. The van der Waals surface area contributed by atoms with Gasteiger partial charge in [0.2, 0.25) is 5.91 Å². The number of benzene rings is 1. The molecule has 0 saturated heterocycles. The lowest BCUT2D eigenvalue weighted by Crippen LogP contribution is -2.39.